The van der Waals surface area contributed by atoms with E-state index in [0.717, 1.165) is 57.8 Å². The van der Waals surface area contributed by atoms with E-state index < -0.39 is 26.5 Å². The maximum absolute atomic E-state index is 12.6. The Morgan fingerprint density at radius 3 is 1.56 bits per heavy atom. The molecule has 0 spiro atoms. The molecule has 0 heterocycles. The third-order valence-electron chi connectivity index (χ3n) is 8.97. The van der Waals surface area contributed by atoms with Crippen molar-refractivity contribution >= 4 is 19.8 Å². The molecular weight excluding hydrogens is 677 g/mol. The quantitative estimate of drug-likeness (QED) is 0.0201. The maximum Gasteiger partial charge on any atom is 0.306 e. The normalized spacial score (nSPS) is 13.9. The van der Waals surface area contributed by atoms with Crippen molar-refractivity contribution < 1.29 is 42.1 Å². The van der Waals surface area contributed by atoms with Gasteiger partial charge in [0.1, 0.15) is 19.8 Å². The standard InChI is InChI=1S/C42H80NO8P/c1-6-8-10-12-14-16-18-20-21-23-25-27-29-31-33-35-42(45)51-40(39-50-52(46,47)49-37-36-43(3,4)5)38-48-41(44)34-32-30-28-26-24-22-19-17-15-13-11-9-7-2/h14,16,20-21,40H,6-13,15,17-19,22-39H2,1-5H3/t40-/m1/s1. The van der Waals surface area contributed by atoms with Gasteiger partial charge in [-0.3, -0.25) is 14.2 Å². The van der Waals surface area contributed by atoms with E-state index in [9.17, 15) is 19.0 Å². The van der Waals surface area contributed by atoms with E-state index in [1.807, 2.05) is 21.1 Å². The molecule has 0 aliphatic heterocycles. The van der Waals surface area contributed by atoms with Gasteiger partial charge in [-0.25, -0.2) is 0 Å². The number of quaternary nitrogens is 1. The Morgan fingerprint density at radius 1 is 0.596 bits per heavy atom. The van der Waals surface area contributed by atoms with Crippen molar-refractivity contribution in [1.29, 1.82) is 0 Å². The van der Waals surface area contributed by atoms with Crippen LogP contribution in [0, 0.1) is 0 Å². The van der Waals surface area contributed by atoms with Gasteiger partial charge in [0.2, 0.25) is 0 Å². The molecule has 0 aliphatic carbocycles. The molecule has 0 aliphatic rings. The summed E-state index contributed by atoms with van der Waals surface area (Å²) in [5.74, 6) is -0.846. The van der Waals surface area contributed by atoms with Gasteiger partial charge in [0.05, 0.1) is 27.7 Å². The van der Waals surface area contributed by atoms with Crippen LogP contribution in [0.4, 0.5) is 0 Å². The van der Waals surface area contributed by atoms with Crippen LogP contribution in [0.5, 0.6) is 0 Å². The first-order valence-corrected chi connectivity index (χ1v) is 22.5. The van der Waals surface area contributed by atoms with E-state index in [1.54, 1.807) is 0 Å². The molecule has 0 radical (unpaired) electrons. The van der Waals surface area contributed by atoms with Gasteiger partial charge in [-0.15, -0.1) is 0 Å². The first-order chi connectivity index (χ1) is 25.0. The lowest BCUT2D eigenvalue weighted by atomic mass is 10.0. The summed E-state index contributed by atoms with van der Waals surface area (Å²) < 4.78 is 33.8. The van der Waals surface area contributed by atoms with Crippen LogP contribution in [-0.4, -0.2) is 70.0 Å². The minimum Gasteiger partial charge on any atom is -0.756 e. The molecule has 0 saturated heterocycles. The fourth-order valence-electron chi connectivity index (χ4n) is 5.63. The molecule has 0 rings (SSSR count). The zero-order chi connectivity index (χ0) is 38.6. The Kier molecular flexibility index (Phi) is 34.2. The molecule has 0 aromatic carbocycles. The van der Waals surface area contributed by atoms with Crippen molar-refractivity contribution in [2.45, 2.75) is 187 Å². The molecule has 0 aromatic rings. The second-order valence-corrected chi connectivity index (χ2v) is 16.8. The predicted octanol–water partition coefficient (Wildman–Crippen LogP) is 10.9. The van der Waals surface area contributed by atoms with Gasteiger partial charge in [-0.05, 0) is 44.9 Å². The largest absolute Gasteiger partial charge is 0.756 e. The van der Waals surface area contributed by atoms with Crippen molar-refractivity contribution in [2.75, 3.05) is 47.5 Å². The Bertz CT molecular complexity index is 949. The zero-order valence-electron chi connectivity index (χ0n) is 34.3. The van der Waals surface area contributed by atoms with Crippen LogP contribution in [-0.2, 0) is 32.7 Å². The van der Waals surface area contributed by atoms with Gasteiger partial charge in [-0.1, -0.05) is 147 Å². The number of unbranched alkanes of at least 4 members (excludes halogenated alkanes) is 20. The first kappa shape index (κ1) is 50.5. The summed E-state index contributed by atoms with van der Waals surface area (Å²) >= 11 is 0. The predicted molar refractivity (Wildman–Crippen MR) is 213 cm³/mol. The highest BCUT2D eigenvalue weighted by Gasteiger charge is 2.21. The lowest BCUT2D eigenvalue weighted by Gasteiger charge is -2.28. The SMILES string of the molecule is CCCCCC=CCC=CCCCCCCCC(=O)O[C@H](COC(=O)CCCCCCCCCCCCCCC)COP(=O)([O-])OCC[N+](C)(C)C. The summed E-state index contributed by atoms with van der Waals surface area (Å²) in [5, 5.41) is 0. The van der Waals surface area contributed by atoms with E-state index in [-0.39, 0.29) is 32.0 Å². The number of ether oxygens (including phenoxy) is 2. The van der Waals surface area contributed by atoms with Crippen molar-refractivity contribution in [3.8, 4) is 0 Å². The lowest BCUT2D eigenvalue weighted by Crippen LogP contribution is -2.37. The molecule has 0 saturated carbocycles. The van der Waals surface area contributed by atoms with E-state index in [1.165, 1.54) is 89.9 Å². The number of phosphoric acid groups is 1. The monoisotopic (exact) mass is 758 g/mol. The van der Waals surface area contributed by atoms with E-state index >= 15 is 0 Å². The highest BCUT2D eigenvalue weighted by Crippen LogP contribution is 2.38. The van der Waals surface area contributed by atoms with E-state index in [0.29, 0.717) is 17.4 Å². The number of rotatable bonds is 38. The minimum absolute atomic E-state index is 0.0321. The molecule has 0 bridgehead atoms. The van der Waals surface area contributed by atoms with Crippen molar-refractivity contribution in [3.63, 3.8) is 0 Å². The van der Waals surface area contributed by atoms with Crippen LogP contribution in [0.3, 0.4) is 0 Å². The summed E-state index contributed by atoms with van der Waals surface area (Å²) in [6.07, 6.45) is 36.2. The third-order valence-corrected chi connectivity index (χ3v) is 9.94. The number of allylic oxidation sites excluding steroid dienone is 4. The number of carbonyl (C=O) groups excluding carboxylic acids is 2. The minimum atomic E-state index is -4.62. The van der Waals surface area contributed by atoms with Crippen LogP contribution < -0.4 is 4.89 Å². The van der Waals surface area contributed by atoms with Gasteiger partial charge >= 0.3 is 11.9 Å². The van der Waals surface area contributed by atoms with Gasteiger partial charge in [0.15, 0.2) is 6.10 Å². The van der Waals surface area contributed by atoms with Gasteiger partial charge in [0.25, 0.3) is 7.82 Å². The van der Waals surface area contributed by atoms with E-state index in [4.69, 9.17) is 18.5 Å². The molecule has 52 heavy (non-hydrogen) atoms. The second-order valence-electron chi connectivity index (χ2n) is 15.4. The molecule has 0 aromatic heterocycles. The second kappa shape index (κ2) is 35.2. The summed E-state index contributed by atoms with van der Waals surface area (Å²) in [6, 6.07) is 0. The number of phosphoric ester groups is 1. The molecule has 0 N–H and O–H groups in total. The zero-order valence-corrected chi connectivity index (χ0v) is 35.2. The van der Waals surface area contributed by atoms with Crippen LogP contribution in [0.1, 0.15) is 181 Å². The van der Waals surface area contributed by atoms with Crippen LogP contribution in [0.2, 0.25) is 0 Å². The Balaban J connectivity index is 4.41. The fraction of sp³-hybridized carbons (Fsp3) is 0.857. The van der Waals surface area contributed by atoms with Crippen molar-refractivity contribution in [2.24, 2.45) is 0 Å². The summed E-state index contributed by atoms with van der Waals surface area (Å²) in [5.41, 5.74) is 0. The topological polar surface area (TPSA) is 111 Å². The average Bonchev–Trinajstić information content (AvgIpc) is 3.09. The molecule has 10 heteroatoms. The smallest absolute Gasteiger partial charge is 0.306 e. The number of esters is 2. The average molecular weight is 758 g/mol. The molecule has 306 valence electrons. The molecule has 0 amide bonds. The van der Waals surface area contributed by atoms with Crippen LogP contribution in [0.15, 0.2) is 24.3 Å². The molecular formula is C42H80NO8P. The number of carbonyl (C=O) groups is 2. The van der Waals surface area contributed by atoms with Crippen LogP contribution >= 0.6 is 7.82 Å². The number of hydrogen-bond acceptors (Lipinski definition) is 8. The third kappa shape index (κ3) is 38.2. The van der Waals surface area contributed by atoms with Crippen molar-refractivity contribution in [3.05, 3.63) is 24.3 Å². The number of hydrogen-bond donors (Lipinski definition) is 0. The van der Waals surface area contributed by atoms with E-state index in [2.05, 4.69) is 38.2 Å². The number of nitrogens with zero attached hydrogens (tertiary/aromatic N) is 1. The Hall–Kier alpha value is -1.51. The van der Waals surface area contributed by atoms with Crippen molar-refractivity contribution in [1.82, 2.24) is 0 Å². The van der Waals surface area contributed by atoms with Crippen LogP contribution in [0.25, 0.3) is 0 Å². The first-order valence-electron chi connectivity index (χ1n) is 21.0. The van der Waals surface area contributed by atoms with Gasteiger partial charge in [0, 0.05) is 12.8 Å². The molecule has 9 nitrogen and oxygen atoms in total. The Morgan fingerprint density at radius 2 is 1.04 bits per heavy atom. The summed E-state index contributed by atoms with van der Waals surface area (Å²) in [4.78, 5) is 37.4. The molecule has 1 unspecified atom stereocenters. The van der Waals surface area contributed by atoms with Gasteiger partial charge < -0.3 is 27.9 Å². The summed E-state index contributed by atoms with van der Waals surface area (Å²) in [7, 11) is 1.16. The molecule has 2 atom stereocenters. The molecule has 0 fully saturated rings. The highest BCUT2D eigenvalue weighted by atomic mass is 31.2. The maximum atomic E-state index is 12.6. The Labute approximate surface area is 319 Å². The van der Waals surface area contributed by atoms with Gasteiger partial charge in [-0.2, -0.15) is 0 Å². The summed E-state index contributed by atoms with van der Waals surface area (Å²) in [6.45, 7) is 4.18. The fourth-order valence-corrected chi connectivity index (χ4v) is 6.35. The lowest BCUT2D eigenvalue weighted by molar-refractivity contribution is -0.870. The number of likely N-dealkylation sites (N-methyl/N-ethyl adjacent to an activating group) is 1. The highest BCUT2D eigenvalue weighted by molar-refractivity contribution is 7.45.